The van der Waals surface area contributed by atoms with Gasteiger partial charge in [-0.15, -0.1) is 0 Å². The predicted molar refractivity (Wildman–Crippen MR) is 171 cm³/mol. The number of allylic oxidation sites excluding steroid dienone is 1. The molecule has 5 nitrogen and oxygen atoms in total. The molecule has 4 unspecified atom stereocenters. The van der Waals surface area contributed by atoms with E-state index in [9.17, 15) is 9.59 Å². The SMILES string of the molecule is C=C(C)[C@@H]1CC[C@]2(C(=O)NCc3ccncc3)CC[C@]3(C)C(CCC4[C@@]5(C)CC[C@H](OC(C)=O)C(C)(C)C5CC[C@]43C)C12. The lowest BCUT2D eigenvalue weighted by molar-refractivity contribution is -0.248. The first-order chi connectivity index (χ1) is 20.2. The number of hydrogen-bond acceptors (Lipinski definition) is 4. The molecule has 0 radical (unpaired) electrons. The number of esters is 1. The van der Waals surface area contributed by atoms with Crippen molar-refractivity contribution < 1.29 is 14.3 Å². The minimum atomic E-state index is -0.296. The third kappa shape index (κ3) is 4.40. The number of fused-ring (bicyclic) bond motifs is 7. The molecule has 6 rings (SSSR count). The van der Waals surface area contributed by atoms with Gasteiger partial charge in [0.1, 0.15) is 6.10 Å². The third-order valence-corrected chi connectivity index (χ3v) is 15.0. The number of nitrogens with zero attached hydrogens (tertiary/aromatic N) is 1. The topological polar surface area (TPSA) is 68.3 Å². The second-order valence-corrected chi connectivity index (χ2v) is 16.8. The first-order valence-electron chi connectivity index (χ1n) is 17.2. The van der Waals surface area contributed by atoms with Crippen LogP contribution in [0.25, 0.3) is 0 Å². The van der Waals surface area contributed by atoms with Crippen LogP contribution in [0, 0.1) is 56.7 Å². The molecule has 0 bridgehead atoms. The van der Waals surface area contributed by atoms with Crippen LogP contribution in [0.2, 0.25) is 0 Å². The summed E-state index contributed by atoms with van der Waals surface area (Å²) in [6.07, 6.45) is 14.8. The molecule has 10 atom stereocenters. The van der Waals surface area contributed by atoms with Gasteiger partial charge in [-0.3, -0.25) is 14.6 Å². The molecule has 5 aliphatic rings. The molecule has 0 aromatic carbocycles. The zero-order valence-electron chi connectivity index (χ0n) is 27.9. The van der Waals surface area contributed by atoms with Crippen LogP contribution in [-0.4, -0.2) is 23.0 Å². The average molecular weight is 589 g/mol. The summed E-state index contributed by atoms with van der Waals surface area (Å²) in [6, 6.07) is 4.00. The number of pyridine rings is 1. The highest BCUT2D eigenvalue weighted by Gasteiger charge is 2.72. The lowest BCUT2D eigenvalue weighted by Crippen LogP contribution is -2.67. The summed E-state index contributed by atoms with van der Waals surface area (Å²) in [5, 5.41) is 3.40. The van der Waals surface area contributed by atoms with Crippen molar-refractivity contribution in [3.63, 3.8) is 0 Å². The molecule has 1 aromatic heterocycles. The van der Waals surface area contributed by atoms with Crippen molar-refractivity contribution in [1.82, 2.24) is 10.3 Å². The fourth-order valence-electron chi connectivity index (χ4n) is 12.8. The van der Waals surface area contributed by atoms with Crippen LogP contribution in [-0.2, 0) is 20.9 Å². The van der Waals surface area contributed by atoms with Crippen LogP contribution in [0.4, 0.5) is 0 Å². The Morgan fingerprint density at radius 3 is 2.28 bits per heavy atom. The average Bonchev–Trinajstić information content (AvgIpc) is 3.35. The molecule has 5 saturated carbocycles. The highest BCUT2D eigenvalue weighted by atomic mass is 16.5. The lowest BCUT2D eigenvalue weighted by Gasteiger charge is -2.72. The molecule has 5 fully saturated rings. The summed E-state index contributed by atoms with van der Waals surface area (Å²) in [5.74, 6) is 2.64. The van der Waals surface area contributed by atoms with E-state index in [1.165, 1.54) is 31.3 Å². The Balaban J connectivity index is 1.31. The van der Waals surface area contributed by atoms with Gasteiger partial charge >= 0.3 is 5.97 Å². The van der Waals surface area contributed by atoms with Crippen molar-refractivity contribution >= 4 is 11.9 Å². The Kier molecular flexibility index (Phi) is 7.49. The number of hydrogen-bond donors (Lipinski definition) is 1. The minimum Gasteiger partial charge on any atom is -0.462 e. The summed E-state index contributed by atoms with van der Waals surface area (Å²) in [4.78, 5) is 30.5. The van der Waals surface area contributed by atoms with Crippen molar-refractivity contribution in [3.05, 3.63) is 42.2 Å². The second kappa shape index (κ2) is 10.4. The number of rotatable bonds is 5. The maximum Gasteiger partial charge on any atom is 0.302 e. The van der Waals surface area contributed by atoms with Gasteiger partial charge in [-0.05, 0) is 135 Å². The Morgan fingerprint density at radius 2 is 1.60 bits per heavy atom. The molecular formula is C38H56N2O3. The Bertz CT molecular complexity index is 1270. The van der Waals surface area contributed by atoms with Crippen molar-refractivity contribution in [2.75, 3.05) is 0 Å². The molecular weight excluding hydrogens is 532 g/mol. The fourth-order valence-corrected chi connectivity index (χ4v) is 12.8. The first kappa shape index (κ1) is 30.8. The van der Waals surface area contributed by atoms with Gasteiger partial charge in [0, 0.05) is 31.3 Å². The van der Waals surface area contributed by atoms with Crippen molar-refractivity contribution in [1.29, 1.82) is 0 Å². The van der Waals surface area contributed by atoms with Crippen LogP contribution >= 0.6 is 0 Å². The summed E-state index contributed by atoms with van der Waals surface area (Å²) in [5.41, 5.74) is 2.72. The summed E-state index contributed by atoms with van der Waals surface area (Å²) >= 11 is 0. The van der Waals surface area contributed by atoms with E-state index < -0.39 is 0 Å². The standard InChI is InChI=1S/C38H56N2O3/c1-24(2)27-11-18-38(33(42)40-23-26-14-21-39-22-15-26)20-19-36(7)28(32(27)38)9-10-30-35(6)16-13-31(43-25(3)41)34(4,5)29(35)12-17-37(30,36)8/h14-15,21-22,27-32H,1,9-13,16-20,23H2,2-8H3,(H,40,42)/t27-,28?,29?,30?,31-,32?,35-,36+,37+,38-/m0/s1. The van der Waals surface area contributed by atoms with Gasteiger partial charge in [0.05, 0.1) is 5.41 Å². The third-order valence-electron chi connectivity index (χ3n) is 15.0. The summed E-state index contributed by atoms with van der Waals surface area (Å²) < 4.78 is 5.94. The molecule has 1 amide bonds. The zero-order valence-corrected chi connectivity index (χ0v) is 27.9. The molecule has 1 heterocycles. The van der Waals surface area contributed by atoms with E-state index in [4.69, 9.17) is 4.74 Å². The van der Waals surface area contributed by atoms with Gasteiger partial charge in [-0.1, -0.05) is 46.8 Å². The van der Waals surface area contributed by atoms with Gasteiger partial charge in [-0.2, -0.15) is 0 Å². The molecule has 1 N–H and O–H groups in total. The van der Waals surface area contributed by atoms with Crippen LogP contribution in [0.5, 0.6) is 0 Å². The number of nitrogens with one attached hydrogen (secondary N) is 1. The molecule has 0 spiro atoms. The first-order valence-corrected chi connectivity index (χ1v) is 17.2. The van der Waals surface area contributed by atoms with Crippen LogP contribution in [0.3, 0.4) is 0 Å². The molecule has 5 aliphatic carbocycles. The van der Waals surface area contributed by atoms with Gasteiger partial charge in [0.25, 0.3) is 0 Å². The fraction of sp³-hybridized carbons (Fsp3) is 0.763. The maximum atomic E-state index is 14.3. The predicted octanol–water partition coefficient (Wildman–Crippen LogP) is 8.29. The number of aromatic nitrogens is 1. The van der Waals surface area contributed by atoms with E-state index >= 15 is 0 Å². The number of carbonyl (C=O) groups is 2. The molecule has 236 valence electrons. The summed E-state index contributed by atoms with van der Waals surface area (Å²) in [7, 11) is 0. The molecule has 1 aromatic rings. The smallest absolute Gasteiger partial charge is 0.302 e. The lowest BCUT2D eigenvalue weighted by atomic mass is 9.32. The number of carbonyl (C=O) groups excluding carboxylic acids is 2. The normalized spacial score (nSPS) is 44.6. The second-order valence-electron chi connectivity index (χ2n) is 16.8. The molecule has 0 saturated heterocycles. The van der Waals surface area contributed by atoms with E-state index in [1.54, 1.807) is 19.3 Å². The van der Waals surface area contributed by atoms with E-state index in [0.29, 0.717) is 36.1 Å². The van der Waals surface area contributed by atoms with E-state index in [0.717, 1.165) is 44.1 Å². The molecule has 5 heteroatoms. The number of amides is 1. The van der Waals surface area contributed by atoms with Crippen LogP contribution < -0.4 is 5.32 Å². The van der Waals surface area contributed by atoms with E-state index in [-0.39, 0.29) is 45.1 Å². The summed E-state index contributed by atoms with van der Waals surface area (Å²) in [6.45, 7) is 21.5. The van der Waals surface area contributed by atoms with Gasteiger partial charge in [0.2, 0.25) is 5.91 Å². The molecule has 43 heavy (non-hydrogen) atoms. The Morgan fingerprint density at radius 1 is 0.884 bits per heavy atom. The van der Waals surface area contributed by atoms with Gasteiger partial charge in [0.15, 0.2) is 0 Å². The quantitative estimate of drug-likeness (QED) is 0.278. The van der Waals surface area contributed by atoms with Gasteiger partial charge < -0.3 is 10.1 Å². The number of ether oxygens (including phenoxy) is 1. The monoisotopic (exact) mass is 588 g/mol. The Hall–Kier alpha value is -2.17. The van der Waals surface area contributed by atoms with Crippen molar-refractivity contribution in [3.8, 4) is 0 Å². The largest absolute Gasteiger partial charge is 0.462 e. The van der Waals surface area contributed by atoms with Crippen LogP contribution in [0.1, 0.15) is 118 Å². The van der Waals surface area contributed by atoms with Crippen LogP contribution in [0.15, 0.2) is 36.7 Å². The van der Waals surface area contributed by atoms with E-state index in [2.05, 4.69) is 58.4 Å². The van der Waals surface area contributed by atoms with Crippen molar-refractivity contribution in [2.24, 2.45) is 56.7 Å². The van der Waals surface area contributed by atoms with Crippen molar-refractivity contribution in [2.45, 2.75) is 125 Å². The minimum absolute atomic E-state index is 0.00938. The van der Waals surface area contributed by atoms with Gasteiger partial charge in [-0.25, -0.2) is 0 Å². The zero-order chi connectivity index (χ0) is 31.0. The highest BCUT2D eigenvalue weighted by molar-refractivity contribution is 5.84. The Labute approximate surface area is 260 Å². The maximum absolute atomic E-state index is 14.3. The highest BCUT2D eigenvalue weighted by Crippen LogP contribution is 2.77. The van der Waals surface area contributed by atoms with E-state index in [1.807, 2.05) is 12.1 Å². The molecule has 0 aliphatic heterocycles.